The molecule has 0 bridgehead atoms. The molecule has 0 amide bonds. The third-order valence-electron chi connectivity index (χ3n) is 15.2. The highest BCUT2D eigenvalue weighted by Crippen LogP contribution is 2.88. The number of esters is 1. The Labute approximate surface area is 284 Å². The molecule has 7 rings (SSSR count). The lowest BCUT2D eigenvalue weighted by atomic mass is 9.44. The summed E-state index contributed by atoms with van der Waals surface area (Å²) in [5.74, 6) is -2.63. The van der Waals surface area contributed by atoms with Crippen LogP contribution in [0.4, 0.5) is 0 Å². The van der Waals surface area contributed by atoms with Crippen molar-refractivity contribution >= 4 is 5.97 Å². The lowest BCUT2D eigenvalue weighted by Gasteiger charge is -2.60. The minimum Gasteiger partial charge on any atom is -0.457 e. The van der Waals surface area contributed by atoms with Gasteiger partial charge in [-0.05, 0) is 92.3 Å². The lowest BCUT2D eigenvalue weighted by molar-refractivity contribution is -0.341. The number of allylic oxidation sites excluding steroid dienone is 1. The zero-order valence-electron chi connectivity index (χ0n) is 29.8. The van der Waals surface area contributed by atoms with Crippen molar-refractivity contribution in [1.29, 1.82) is 0 Å². The van der Waals surface area contributed by atoms with E-state index < -0.39 is 71.1 Å². The van der Waals surface area contributed by atoms with Crippen LogP contribution in [0, 0.1) is 44.8 Å². The van der Waals surface area contributed by atoms with Crippen LogP contribution in [0.1, 0.15) is 100 Å². The minimum absolute atomic E-state index is 0.0129. The summed E-state index contributed by atoms with van der Waals surface area (Å²) in [6.07, 6.45) is -0.0661. The molecule has 0 radical (unpaired) electrons. The maximum absolute atomic E-state index is 12.6. The molecular weight excluding hydrogens is 620 g/mol. The van der Waals surface area contributed by atoms with Gasteiger partial charge in [0, 0.05) is 18.3 Å². The summed E-state index contributed by atoms with van der Waals surface area (Å²) in [7, 11) is 0. The van der Waals surface area contributed by atoms with Crippen molar-refractivity contribution < 1.29 is 54.4 Å². The van der Waals surface area contributed by atoms with Gasteiger partial charge >= 0.3 is 5.97 Å². The van der Waals surface area contributed by atoms with Gasteiger partial charge in [-0.3, -0.25) is 4.79 Å². The fraction of sp³-hybridized carbons (Fsp3) is 0.919. The highest BCUT2D eigenvalue weighted by atomic mass is 16.7. The maximum atomic E-state index is 12.6. The fourth-order valence-electron chi connectivity index (χ4n) is 13.0. The molecule has 2 spiro atoms. The standard InChI is InChI=1S/C37H58O11/c1-18-15-21(28(32(5,6)43)46-19(2)38)48-37(44)27(18)33(7)13-14-36-17-35(36)12-11-24(47-29-26(41)25(40)20(39)16-45-29)31(3,4)22(35)9-10-23(36)34(33,8)30(37)42/h10,18,20-22,24-30,39-44H,9,11-17H2,1-8H3/t18-,20-,21-,22+,24+,25+,26-,27-,28+,29+,30-,33-,34-,35-,36+,37-/m1/s1. The van der Waals surface area contributed by atoms with Gasteiger partial charge in [0.1, 0.15) is 30.5 Å². The number of fused-ring (bicyclic) bond motifs is 4. The SMILES string of the molecule is CC(=O)O[C@@H]([C@H]1C[C@@H](C)[C@H]2[C@@](O)(O1)[C@H](O)[C@@]1(C)C3=CC[C@H]4C(C)(C)[C@@H](O[C@@H]5OC[C@@H](O)[C@H](O)[C@H]5O)CC[C@@]45C[C@@]35CC[C@]21C)C(C)(C)O. The van der Waals surface area contributed by atoms with Gasteiger partial charge in [0.2, 0.25) is 0 Å². The third kappa shape index (κ3) is 4.35. The number of ether oxygens (including phenoxy) is 4. The van der Waals surface area contributed by atoms with Crippen LogP contribution in [0.15, 0.2) is 11.6 Å². The molecule has 5 aliphatic carbocycles. The van der Waals surface area contributed by atoms with E-state index in [9.17, 15) is 35.4 Å². The Morgan fingerprint density at radius 1 is 1.06 bits per heavy atom. The van der Waals surface area contributed by atoms with Gasteiger partial charge in [-0.2, -0.15) is 0 Å². The average Bonchev–Trinajstić information content (AvgIpc) is 3.62. The quantitative estimate of drug-likeness (QED) is 0.186. The zero-order valence-corrected chi connectivity index (χ0v) is 29.8. The van der Waals surface area contributed by atoms with E-state index in [0.29, 0.717) is 6.42 Å². The molecule has 6 fully saturated rings. The van der Waals surface area contributed by atoms with Gasteiger partial charge in [-0.1, -0.05) is 46.3 Å². The number of aliphatic hydroxyl groups excluding tert-OH is 4. The Balaban J connectivity index is 1.20. The normalized spacial score (nSPS) is 54.4. The monoisotopic (exact) mass is 678 g/mol. The Hall–Kier alpha value is -1.15. The van der Waals surface area contributed by atoms with Gasteiger partial charge in [0.05, 0.1) is 18.3 Å². The summed E-state index contributed by atoms with van der Waals surface area (Å²) in [6.45, 7) is 15.2. The molecule has 48 heavy (non-hydrogen) atoms. The molecule has 16 atom stereocenters. The second kappa shape index (κ2) is 10.7. The molecule has 11 heteroatoms. The minimum atomic E-state index is -1.90. The fourth-order valence-corrected chi connectivity index (χ4v) is 13.0. The molecule has 0 unspecified atom stereocenters. The van der Waals surface area contributed by atoms with Crippen molar-refractivity contribution in [2.24, 2.45) is 44.8 Å². The van der Waals surface area contributed by atoms with Crippen LogP contribution in [-0.2, 0) is 23.7 Å². The first kappa shape index (κ1) is 35.3. The van der Waals surface area contributed by atoms with Gasteiger partial charge in [0.15, 0.2) is 18.2 Å². The Morgan fingerprint density at radius 3 is 2.40 bits per heavy atom. The second-order valence-electron chi connectivity index (χ2n) is 18.4. The number of aliphatic hydroxyl groups is 6. The summed E-state index contributed by atoms with van der Waals surface area (Å²) < 4.78 is 24.2. The van der Waals surface area contributed by atoms with Gasteiger partial charge < -0.3 is 49.6 Å². The van der Waals surface area contributed by atoms with Crippen LogP contribution >= 0.6 is 0 Å². The highest BCUT2D eigenvalue weighted by Gasteiger charge is 2.85. The van der Waals surface area contributed by atoms with Crippen LogP contribution in [0.2, 0.25) is 0 Å². The molecule has 7 aliphatic rings. The van der Waals surface area contributed by atoms with Crippen molar-refractivity contribution in [2.75, 3.05) is 6.61 Å². The summed E-state index contributed by atoms with van der Waals surface area (Å²) in [6, 6.07) is 0. The lowest BCUT2D eigenvalue weighted by Crippen LogP contribution is -2.61. The van der Waals surface area contributed by atoms with E-state index in [4.69, 9.17) is 18.9 Å². The molecule has 0 aromatic rings. The molecule has 272 valence electrons. The van der Waals surface area contributed by atoms with Gasteiger partial charge in [-0.25, -0.2) is 0 Å². The van der Waals surface area contributed by atoms with Crippen molar-refractivity contribution in [3.05, 3.63) is 11.6 Å². The van der Waals surface area contributed by atoms with Crippen molar-refractivity contribution in [3.8, 4) is 0 Å². The molecule has 0 aromatic carbocycles. The van der Waals surface area contributed by atoms with Crippen molar-refractivity contribution in [3.63, 3.8) is 0 Å². The van der Waals surface area contributed by atoms with Crippen LogP contribution in [-0.4, -0.2) is 104 Å². The first-order valence-electron chi connectivity index (χ1n) is 18.1. The number of carbonyl (C=O) groups is 1. The molecule has 0 aromatic heterocycles. The van der Waals surface area contributed by atoms with Gasteiger partial charge in [-0.15, -0.1) is 0 Å². The predicted molar refractivity (Wildman–Crippen MR) is 172 cm³/mol. The molecule has 6 N–H and O–H groups in total. The summed E-state index contributed by atoms with van der Waals surface area (Å²) >= 11 is 0. The van der Waals surface area contributed by atoms with Crippen LogP contribution in [0.5, 0.6) is 0 Å². The van der Waals surface area contributed by atoms with Crippen LogP contribution in [0.25, 0.3) is 0 Å². The summed E-state index contributed by atoms with van der Waals surface area (Å²) in [5, 5.41) is 66.9. The van der Waals surface area contributed by atoms with E-state index in [2.05, 4.69) is 40.7 Å². The van der Waals surface area contributed by atoms with E-state index in [1.54, 1.807) is 13.8 Å². The molecule has 11 nitrogen and oxygen atoms in total. The molecule has 4 saturated carbocycles. The predicted octanol–water partition coefficient (Wildman–Crippen LogP) is 2.57. The highest BCUT2D eigenvalue weighted by molar-refractivity contribution is 5.66. The van der Waals surface area contributed by atoms with E-state index >= 15 is 0 Å². The Morgan fingerprint density at radius 2 is 1.75 bits per heavy atom. The second-order valence-corrected chi connectivity index (χ2v) is 18.4. The molecule has 2 saturated heterocycles. The smallest absolute Gasteiger partial charge is 0.303 e. The zero-order chi connectivity index (χ0) is 35.2. The van der Waals surface area contributed by atoms with Crippen molar-refractivity contribution in [2.45, 2.75) is 161 Å². The number of carbonyl (C=O) groups excluding carboxylic acids is 1. The Kier molecular flexibility index (Phi) is 7.86. The topological polar surface area (TPSA) is 175 Å². The average molecular weight is 679 g/mol. The first-order chi connectivity index (χ1) is 22.1. The largest absolute Gasteiger partial charge is 0.457 e. The number of hydrogen-bond acceptors (Lipinski definition) is 11. The third-order valence-corrected chi connectivity index (χ3v) is 15.2. The number of hydrogen-bond donors (Lipinski definition) is 6. The Bertz CT molecular complexity index is 1360. The van der Waals surface area contributed by atoms with E-state index in [-0.39, 0.29) is 46.7 Å². The van der Waals surface area contributed by atoms with E-state index in [0.717, 1.165) is 38.5 Å². The van der Waals surface area contributed by atoms with Crippen LogP contribution < -0.4 is 0 Å². The maximum Gasteiger partial charge on any atom is 0.303 e. The molecular formula is C37H58O11. The number of rotatable bonds is 5. The van der Waals surface area contributed by atoms with E-state index in [1.165, 1.54) is 12.5 Å². The van der Waals surface area contributed by atoms with Crippen LogP contribution in [0.3, 0.4) is 0 Å². The summed E-state index contributed by atoms with van der Waals surface area (Å²) in [4.78, 5) is 12.1. The first-order valence-corrected chi connectivity index (χ1v) is 18.1. The van der Waals surface area contributed by atoms with Gasteiger partial charge in [0.25, 0.3) is 0 Å². The summed E-state index contributed by atoms with van der Waals surface area (Å²) in [5.41, 5.74) is -1.83. The van der Waals surface area contributed by atoms with Crippen molar-refractivity contribution in [1.82, 2.24) is 0 Å². The molecule has 2 aliphatic heterocycles. The molecule has 2 heterocycles. The van der Waals surface area contributed by atoms with E-state index in [1.807, 2.05) is 0 Å².